The van der Waals surface area contributed by atoms with E-state index in [2.05, 4.69) is 167 Å². The van der Waals surface area contributed by atoms with Gasteiger partial charge in [0, 0.05) is 45.2 Å². The van der Waals surface area contributed by atoms with Crippen LogP contribution in [0.3, 0.4) is 0 Å². The van der Waals surface area contributed by atoms with Crippen LogP contribution in [0.2, 0.25) is 0 Å². The zero-order valence-electron chi connectivity index (χ0n) is 26.7. The van der Waals surface area contributed by atoms with Crippen molar-refractivity contribution in [3.8, 4) is 16.8 Å². The summed E-state index contributed by atoms with van der Waals surface area (Å²) in [7, 11) is 0. The van der Waals surface area contributed by atoms with Crippen LogP contribution in [0.4, 0.5) is 0 Å². The van der Waals surface area contributed by atoms with Crippen LogP contribution in [0.25, 0.3) is 60.4 Å². The zero-order chi connectivity index (χ0) is 31.8. The highest BCUT2D eigenvalue weighted by Crippen LogP contribution is 2.49. The van der Waals surface area contributed by atoms with Crippen molar-refractivity contribution in [2.75, 3.05) is 0 Å². The van der Waals surface area contributed by atoms with Crippen LogP contribution in [0.15, 0.2) is 170 Å². The normalized spacial score (nSPS) is 15.8. The Hall–Kier alpha value is -5.86. The number of rotatable bonds is 5. The van der Waals surface area contributed by atoms with E-state index in [1.165, 1.54) is 82.7 Å². The smallest absolute Gasteiger partial charge is 0.0785 e. The Labute approximate surface area is 280 Å². The maximum absolute atomic E-state index is 3.99. The molecule has 10 rings (SSSR count). The molecular weight excluding hydrogens is 581 g/mol. The molecule has 0 aliphatic heterocycles. The SMILES string of the molecule is C=CC1=CCC(Cn2c3ccccc3c3ccc4c5cc(C6c7ccccc7-c7ccccc76)ccc5n(-c5ccccc5)c4c32)C=C1. The molecule has 0 amide bonds. The molecule has 2 nitrogen and oxygen atoms in total. The number of aromatic nitrogens is 2. The molecule has 2 heteroatoms. The first-order chi connectivity index (χ1) is 23.8. The third-order valence-electron chi connectivity index (χ3n) is 10.7. The van der Waals surface area contributed by atoms with Crippen molar-refractivity contribution in [1.29, 1.82) is 0 Å². The minimum Gasteiger partial charge on any atom is -0.338 e. The van der Waals surface area contributed by atoms with Gasteiger partial charge in [-0.05, 0) is 76.1 Å². The van der Waals surface area contributed by atoms with Gasteiger partial charge in [-0.15, -0.1) is 0 Å². The van der Waals surface area contributed by atoms with E-state index in [1.54, 1.807) is 0 Å². The monoisotopic (exact) mass is 614 g/mol. The van der Waals surface area contributed by atoms with Crippen LogP contribution >= 0.6 is 0 Å². The van der Waals surface area contributed by atoms with Crippen LogP contribution in [-0.2, 0) is 6.54 Å². The highest BCUT2D eigenvalue weighted by molar-refractivity contribution is 6.23. The molecule has 0 saturated heterocycles. The third kappa shape index (κ3) is 3.93. The maximum Gasteiger partial charge on any atom is 0.0785 e. The molecule has 2 aromatic heterocycles. The van der Waals surface area contributed by atoms with Gasteiger partial charge in [-0.2, -0.15) is 0 Å². The molecule has 8 aromatic rings. The van der Waals surface area contributed by atoms with Gasteiger partial charge < -0.3 is 9.13 Å². The van der Waals surface area contributed by atoms with E-state index in [0.29, 0.717) is 5.92 Å². The zero-order valence-corrected chi connectivity index (χ0v) is 26.7. The molecule has 1 atom stereocenters. The fourth-order valence-corrected chi connectivity index (χ4v) is 8.59. The van der Waals surface area contributed by atoms with Crippen molar-refractivity contribution in [3.63, 3.8) is 0 Å². The second-order valence-electron chi connectivity index (χ2n) is 13.3. The molecule has 0 radical (unpaired) electrons. The molecule has 48 heavy (non-hydrogen) atoms. The van der Waals surface area contributed by atoms with E-state index in [0.717, 1.165) is 13.0 Å². The maximum atomic E-state index is 3.99. The van der Waals surface area contributed by atoms with Gasteiger partial charge >= 0.3 is 0 Å². The number of hydrogen-bond donors (Lipinski definition) is 0. The third-order valence-corrected chi connectivity index (χ3v) is 10.7. The van der Waals surface area contributed by atoms with Gasteiger partial charge in [0.25, 0.3) is 0 Å². The van der Waals surface area contributed by atoms with Crippen molar-refractivity contribution >= 4 is 43.6 Å². The van der Waals surface area contributed by atoms with Crippen LogP contribution in [0.1, 0.15) is 29.0 Å². The van der Waals surface area contributed by atoms with E-state index in [1.807, 2.05) is 6.08 Å². The quantitative estimate of drug-likeness (QED) is 0.183. The van der Waals surface area contributed by atoms with Crippen molar-refractivity contribution in [2.45, 2.75) is 18.9 Å². The summed E-state index contributed by atoms with van der Waals surface area (Å²) < 4.78 is 5.10. The first kappa shape index (κ1) is 27.3. The van der Waals surface area contributed by atoms with Crippen molar-refractivity contribution in [1.82, 2.24) is 9.13 Å². The van der Waals surface area contributed by atoms with Crippen LogP contribution in [0.5, 0.6) is 0 Å². The van der Waals surface area contributed by atoms with Crippen molar-refractivity contribution in [2.24, 2.45) is 5.92 Å². The molecule has 0 N–H and O–H groups in total. The standard InChI is InChI=1S/C46H34N2/c1-2-30-20-22-31(23-21-30)29-47-42-19-11-10-16-36(42)39-25-26-40-41-28-32(44-37-17-8-6-14-34(37)35-15-7-9-18-38(35)44)24-27-43(41)48(46(40)45(39)47)33-12-4-3-5-13-33/h2-22,24-28,31,44H,1,23,29H2. The lowest BCUT2D eigenvalue weighted by Gasteiger charge is -2.18. The lowest BCUT2D eigenvalue weighted by molar-refractivity contribution is 0.553. The summed E-state index contributed by atoms with van der Waals surface area (Å²) in [4.78, 5) is 0. The van der Waals surface area contributed by atoms with E-state index >= 15 is 0 Å². The Bertz CT molecular complexity index is 2600. The molecule has 0 fully saturated rings. The fourth-order valence-electron chi connectivity index (χ4n) is 8.59. The summed E-state index contributed by atoms with van der Waals surface area (Å²) in [5.74, 6) is 0.616. The molecule has 2 aliphatic carbocycles. The molecule has 6 aromatic carbocycles. The van der Waals surface area contributed by atoms with Crippen LogP contribution in [0, 0.1) is 5.92 Å². The van der Waals surface area contributed by atoms with Crippen molar-refractivity contribution < 1.29 is 0 Å². The molecule has 1 unspecified atom stereocenters. The number of para-hydroxylation sites is 2. The largest absolute Gasteiger partial charge is 0.338 e. The number of nitrogens with zero attached hydrogens (tertiary/aromatic N) is 2. The molecule has 2 heterocycles. The minimum absolute atomic E-state index is 0.207. The highest BCUT2D eigenvalue weighted by Gasteiger charge is 2.30. The Morgan fingerprint density at radius 1 is 0.625 bits per heavy atom. The van der Waals surface area contributed by atoms with E-state index in [-0.39, 0.29) is 5.92 Å². The summed E-state index contributed by atoms with van der Waals surface area (Å²) >= 11 is 0. The summed E-state index contributed by atoms with van der Waals surface area (Å²) in [6.45, 7) is 4.90. The van der Waals surface area contributed by atoms with Gasteiger partial charge in [-0.3, -0.25) is 0 Å². The summed E-state index contributed by atoms with van der Waals surface area (Å²) in [5.41, 5.74) is 14.3. The fraction of sp³-hybridized carbons (Fsp3) is 0.0870. The molecule has 2 aliphatic rings. The van der Waals surface area contributed by atoms with E-state index in [9.17, 15) is 0 Å². The molecular formula is C46H34N2. The summed E-state index contributed by atoms with van der Waals surface area (Å²) in [6.07, 6.45) is 9.88. The van der Waals surface area contributed by atoms with Gasteiger partial charge in [0.05, 0.1) is 16.6 Å². The topological polar surface area (TPSA) is 9.86 Å². The molecule has 0 bridgehead atoms. The first-order valence-electron chi connectivity index (χ1n) is 17.0. The van der Waals surface area contributed by atoms with E-state index < -0.39 is 0 Å². The Kier molecular flexibility index (Phi) is 6.01. The number of benzene rings is 6. The van der Waals surface area contributed by atoms with E-state index in [4.69, 9.17) is 0 Å². The lowest BCUT2D eigenvalue weighted by Crippen LogP contribution is -2.10. The second-order valence-corrected chi connectivity index (χ2v) is 13.3. The van der Waals surface area contributed by atoms with Gasteiger partial charge in [0.15, 0.2) is 0 Å². The van der Waals surface area contributed by atoms with Gasteiger partial charge in [0.1, 0.15) is 0 Å². The number of allylic oxidation sites excluding steroid dienone is 5. The van der Waals surface area contributed by atoms with Crippen LogP contribution < -0.4 is 0 Å². The Morgan fingerprint density at radius 2 is 1.31 bits per heavy atom. The van der Waals surface area contributed by atoms with Crippen LogP contribution in [-0.4, -0.2) is 9.13 Å². The summed E-state index contributed by atoms with van der Waals surface area (Å²) in [6, 6.07) is 49.7. The van der Waals surface area contributed by atoms with Gasteiger partial charge in [-0.25, -0.2) is 0 Å². The highest BCUT2D eigenvalue weighted by atomic mass is 15.0. The summed E-state index contributed by atoms with van der Waals surface area (Å²) in [5, 5.41) is 5.20. The first-order valence-corrected chi connectivity index (χ1v) is 17.0. The molecule has 228 valence electrons. The molecule has 0 saturated carbocycles. The average molecular weight is 615 g/mol. The molecule has 0 spiro atoms. The van der Waals surface area contributed by atoms with Crippen molar-refractivity contribution in [3.05, 3.63) is 187 Å². The minimum atomic E-state index is 0.207. The predicted molar refractivity (Wildman–Crippen MR) is 202 cm³/mol. The average Bonchev–Trinajstić information content (AvgIpc) is 3.78. The predicted octanol–water partition coefficient (Wildman–Crippen LogP) is 11.7. The van der Waals surface area contributed by atoms with Gasteiger partial charge in [0.2, 0.25) is 0 Å². The Morgan fingerprint density at radius 3 is 2.04 bits per heavy atom. The van der Waals surface area contributed by atoms with Gasteiger partial charge in [-0.1, -0.05) is 134 Å². The Balaban J connectivity index is 1.27. The number of fused-ring (bicyclic) bond motifs is 10. The second kappa shape index (κ2) is 10.6. The number of hydrogen-bond acceptors (Lipinski definition) is 0. The lowest BCUT2D eigenvalue weighted by atomic mass is 9.88.